The van der Waals surface area contributed by atoms with Crippen LogP contribution in [0.4, 0.5) is 0 Å². The molecule has 3 fully saturated rings. The molecular weight excluding hydrogens is 238 g/mol. The molecule has 4 heteroatoms. The third kappa shape index (κ3) is 2.95. The Labute approximate surface area is 116 Å². The van der Waals surface area contributed by atoms with Gasteiger partial charge in [0.1, 0.15) is 0 Å². The molecule has 0 radical (unpaired) electrons. The average Bonchev–Trinajstić information content (AvgIpc) is 3.10. The van der Waals surface area contributed by atoms with Crippen molar-refractivity contribution in [2.24, 2.45) is 17.6 Å². The summed E-state index contributed by atoms with van der Waals surface area (Å²) in [5, 5.41) is 0. The molecule has 2 saturated heterocycles. The summed E-state index contributed by atoms with van der Waals surface area (Å²) in [7, 11) is 0. The van der Waals surface area contributed by atoms with E-state index in [9.17, 15) is 4.79 Å². The SMILES string of the molecule is N[C@@H]1CCC[C@@H]1C(=O)N1CC[C@@H](CN2CCCC2)C1. The van der Waals surface area contributed by atoms with Crippen LogP contribution in [-0.4, -0.2) is 54.5 Å². The average molecular weight is 265 g/mol. The molecule has 1 saturated carbocycles. The summed E-state index contributed by atoms with van der Waals surface area (Å²) in [5.74, 6) is 1.15. The fourth-order valence-electron chi connectivity index (χ4n) is 4.04. The van der Waals surface area contributed by atoms with Gasteiger partial charge in [0.2, 0.25) is 5.91 Å². The molecule has 2 N–H and O–H groups in total. The highest BCUT2D eigenvalue weighted by Crippen LogP contribution is 2.28. The smallest absolute Gasteiger partial charge is 0.227 e. The number of nitrogens with two attached hydrogens (primary N) is 1. The fraction of sp³-hybridized carbons (Fsp3) is 0.933. The topological polar surface area (TPSA) is 49.6 Å². The molecule has 3 rings (SSSR count). The van der Waals surface area contributed by atoms with E-state index in [1.165, 1.54) is 38.9 Å². The Kier molecular flexibility index (Phi) is 4.08. The van der Waals surface area contributed by atoms with Gasteiger partial charge in [-0.05, 0) is 51.1 Å². The van der Waals surface area contributed by atoms with E-state index in [2.05, 4.69) is 9.80 Å². The lowest BCUT2D eigenvalue weighted by Crippen LogP contribution is -2.41. The van der Waals surface area contributed by atoms with Crippen LogP contribution in [-0.2, 0) is 4.79 Å². The summed E-state index contributed by atoms with van der Waals surface area (Å²) in [5.41, 5.74) is 6.06. The quantitative estimate of drug-likeness (QED) is 0.830. The lowest BCUT2D eigenvalue weighted by molar-refractivity contribution is -0.134. The van der Waals surface area contributed by atoms with Crippen LogP contribution >= 0.6 is 0 Å². The van der Waals surface area contributed by atoms with Crippen LogP contribution in [0, 0.1) is 11.8 Å². The second-order valence-electron chi connectivity index (χ2n) is 6.65. The van der Waals surface area contributed by atoms with Crippen molar-refractivity contribution in [3.63, 3.8) is 0 Å². The van der Waals surface area contributed by atoms with E-state index in [0.717, 1.165) is 32.4 Å². The maximum absolute atomic E-state index is 12.5. The van der Waals surface area contributed by atoms with Gasteiger partial charge in [0.05, 0.1) is 5.92 Å². The lowest BCUT2D eigenvalue weighted by Gasteiger charge is -2.24. The van der Waals surface area contributed by atoms with Crippen LogP contribution in [0.2, 0.25) is 0 Å². The van der Waals surface area contributed by atoms with Crippen LogP contribution in [0.25, 0.3) is 0 Å². The van der Waals surface area contributed by atoms with Crippen LogP contribution < -0.4 is 5.73 Å². The molecule has 0 aromatic rings. The highest BCUT2D eigenvalue weighted by Gasteiger charge is 2.36. The standard InChI is InChI=1S/C15H27N3O/c16-14-5-3-4-13(14)15(19)18-9-6-12(11-18)10-17-7-1-2-8-17/h12-14H,1-11,16H2/t12-,13-,14+/m0/s1. The van der Waals surface area contributed by atoms with E-state index in [0.29, 0.717) is 11.8 Å². The molecule has 2 heterocycles. The number of likely N-dealkylation sites (tertiary alicyclic amines) is 2. The Morgan fingerprint density at radius 1 is 1.05 bits per heavy atom. The van der Waals surface area contributed by atoms with Gasteiger partial charge >= 0.3 is 0 Å². The van der Waals surface area contributed by atoms with Crippen molar-refractivity contribution in [1.82, 2.24) is 9.80 Å². The summed E-state index contributed by atoms with van der Waals surface area (Å²) < 4.78 is 0. The predicted octanol–water partition coefficient (Wildman–Crippen LogP) is 1.06. The van der Waals surface area contributed by atoms with E-state index in [1.54, 1.807) is 0 Å². The molecule has 0 bridgehead atoms. The van der Waals surface area contributed by atoms with Crippen molar-refractivity contribution in [3.05, 3.63) is 0 Å². The number of hydrogen-bond donors (Lipinski definition) is 1. The largest absolute Gasteiger partial charge is 0.342 e. The van der Waals surface area contributed by atoms with Gasteiger partial charge in [-0.25, -0.2) is 0 Å². The summed E-state index contributed by atoms with van der Waals surface area (Å²) >= 11 is 0. The van der Waals surface area contributed by atoms with E-state index in [1.807, 2.05) is 0 Å². The first-order valence-corrected chi connectivity index (χ1v) is 8.01. The number of nitrogens with zero attached hydrogens (tertiary/aromatic N) is 2. The van der Waals surface area contributed by atoms with E-state index in [-0.39, 0.29) is 12.0 Å². The molecule has 1 amide bonds. The van der Waals surface area contributed by atoms with Crippen LogP contribution in [0.3, 0.4) is 0 Å². The Morgan fingerprint density at radius 3 is 2.53 bits per heavy atom. The van der Waals surface area contributed by atoms with Gasteiger partial charge in [0.25, 0.3) is 0 Å². The first-order valence-electron chi connectivity index (χ1n) is 8.01. The van der Waals surface area contributed by atoms with Gasteiger partial charge in [0, 0.05) is 25.7 Å². The zero-order chi connectivity index (χ0) is 13.2. The second-order valence-corrected chi connectivity index (χ2v) is 6.65. The first kappa shape index (κ1) is 13.4. The maximum atomic E-state index is 12.5. The van der Waals surface area contributed by atoms with Crippen LogP contribution in [0.5, 0.6) is 0 Å². The molecule has 0 aromatic carbocycles. The Bertz CT molecular complexity index is 327. The van der Waals surface area contributed by atoms with E-state index >= 15 is 0 Å². The normalized spacial score (nSPS) is 36.3. The molecule has 0 unspecified atom stereocenters. The van der Waals surface area contributed by atoms with Crippen molar-refractivity contribution in [3.8, 4) is 0 Å². The summed E-state index contributed by atoms with van der Waals surface area (Å²) in [4.78, 5) is 17.1. The molecule has 3 atom stereocenters. The number of carbonyl (C=O) groups excluding carboxylic acids is 1. The Hall–Kier alpha value is -0.610. The molecule has 0 spiro atoms. The van der Waals surface area contributed by atoms with Crippen molar-refractivity contribution in [1.29, 1.82) is 0 Å². The minimum Gasteiger partial charge on any atom is -0.342 e. The summed E-state index contributed by atoms with van der Waals surface area (Å²) in [6.07, 6.45) is 7.06. The van der Waals surface area contributed by atoms with Crippen molar-refractivity contribution < 1.29 is 4.79 Å². The number of amides is 1. The Morgan fingerprint density at radius 2 is 1.84 bits per heavy atom. The number of rotatable bonds is 3. The van der Waals surface area contributed by atoms with Gasteiger partial charge in [-0.2, -0.15) is 0 Å². The van der Waals surface area contributed by atoms with Gasteiger partial charge in [-0.1, -0.05) is 6.42 Å². The van der Waals surface area contributed by atoms with Crippen LogP contribution in [0.15, 0.2) is 0 Å². The van der Waals surface area contributed by atoms with Crippen molar-refractivity contribution >= 4 is 5.91 Å². The van der Waals surface area contributed by atoms with Gasteiger partial charge in [-0.15, -0.1) is 0 Å². The van der Waals surface area contributed by atoms with E-state index < -0.39 is 0 Å². The van der Waals surface area contributed by atoms with E-state index in [4.69, 9.17) is 5.73 Å². The van der Waals surface area contributed by atoms with Crippen LogP contribution in [0.1, 0.15) is 38.5 Å². The highest BCUT2D eigenvalue weighted by molar-refractivity contribution is 5.80. The van der Waals surface area contributed by atoms with Gasteiger partial charge < -0.3 is 15.5 Å². The minimum absolute atomic E-state index is 0.116. The van der Waals surface area contributed by atoms with Crippen molar-refractivity contribution in [2.45, 2.75) is 44.6 Å². The molecular formula is C15H27N3O. The lowest BCUT2D eigenvalue weighted by atomic mass is 10.0. The minimum atomic E-state index is 0.116. The molecule has 2 aliphatic heterocycles. The molecule has 19 heavy (non-hydrogen) atoms. The van der Waals surface area contributed by atoms with Crippen molar-refractivity contribution in [2.75, 3.05) is 32.7 Å². The fourth-order valence-corrected chi connectivity index (χ4v) is 4.04. The van der Waals surface area contributed by atoms with Gasteiger partial charge in [-0.3, -0.25) is 4.79 Å². The second kappa shape index (κ2) is 5.80. The molecule has 0 aromatic heterocycles. The maximum Gasteiger partial charge on any atom is 0.227 e. The first-order chi connectivity index (χ1) is 9.24. The third-order valence-electron chi connectivity index (χ3n) is 5.20. The third-order valence-corrected chi connectivity index (χ3v) is 5.20. The predicted molar refractivity (Wildman–Crippen MR) is 75.7 cm³/mol. The number of carbonyl (C=O) groups is 1. The monoisotopic (exact) mass is 265 g/mol. The van der Waals surface area contributed by atoms with Gasteiger partial charge in [0.15, 0.2) is 0 Å². The number of hydrogen-bond acceptors (Lipinski definition) is 3. The zero-order valence-electron chi connectivity index (χ0n) is 11.9. The Balaban J connectivity index is 1.49. The molecule has 4 nitrogen and oxygen atoms in total. The molecule has 108 valence electrons. The summed E-state index contributed by atoms with van der Waals surface area (Å²) in [6.45, 7) is 5.65. The zero-order valence-corrected chi connectivity index (χ0v) is 11.9. The highest BCUT2D eigenvalue weighted by atomic mass is 16.2. The summed E-state index contributed by atoms with van der Waals surface area (Å²) in [6, 6.07) is 0.116. The molecule has 3 aliphatic rings. The molecule has 1 aliphatic carbocycles.